The Morgan fingerprint density at radius 2 is 2.33 bits per heavy atom. The number of carboxylic acids is 1. The molecule has 1 fully saturated rings. The minimum atomic E-state index is -0.721. The second kappa shape index (κ2) is 2.47. The Kier molecular flexibility index (Phi) is 1.66. The summed E-state index contributed by atoms with van der Waals surface area (Å²) in [5.41, 5.74) is -0.586. The van der Waals surface area contributed by atoms with Crippen molar-refractivity contribution in [2.24, 2.45) is 0 Å². The summed E-state index contributed by atoms with van der Waals surface area (Å²) in [5, 5.41) is 11.3. The monoisotopic (exact) mass is 202 g/mol. The van der Waals surface area contributed by atoms with Crippen molar-refractivity contribution in [3.05, 3.63) is 21.3 Å². The van der Waals surface area contributed by atoms with Crippen LogP contribution in [-0.4, -0.2) is 11.1 Å². The molecule has 0 atom stereocenters. The summed E-state index contributed by atoms with van der Waals surface area (Å²) in [6.45, 7) is 0. The van der Waals surface area contributed by atoms with Crippen molar-refractivity contribution in [3.63, 3.8) is 0 Å². The van der Waals surface area contributed by atoms with Gasteiger partial charge in [-0.05, 0) is 18.9 Å². The van der Waals surface area contributed by atoms with E-state index in [1.165, 1.54) is 11.3 Å². The molecule has 64 valence electrons. The van der Waals surface area contributed by atoms with Crippen LogP contribution >= 0.6 is 22.9 Å². The highest BCUT2D eigenvalue weighted by Crippen LogP contribution is 2.50. The molecule has 0 amide bonds. The molecule has 1 heterocycles. The maximum Gasteiger partial charge on any atom is 0.314 e. The van der Waals surface area contributed by atoms with E-state index in [1.807, 2.05) is 0 Å². The van der Waals surface area contributed by atoms with Crippen molar-refractivity contribution in [1.29, 1.82) is 0 Å². The lowest BCUT2D eigenvalue weighted by molar-refractivity contribution is -0.139. The molecule has 4 heteroatoms. The summed E-state index contributed by atoms with van der Waals surface area (Å²) >= 11 is 7.15. The predicted octanol–water partition coefficient (Wildman–Crippen LogP) is 2.52. The minimum absolute atomic E-state index is 0.586. The number of hydrogen-bond acceptors (Lipinski definition) is 2. The van der Waals surface area contributed by atoms with Gasteiger partial charge in [0.25, 0.3) is 0 Å². The van der Waals surface area contributed by atoms with Crippen LogP contribution in [0.1, 0.15) is 17.7 Å². The van der Waals surface area contributed by atoms with Gasteiger partial charge in [-0.1, -0.05) is 11.6 Å². The number of carboxylic acid groups (broad SMARTS) is 1. The average Bonchev–Trinajstić information content (AvgIpc) is 2.71. The van der Waals surface area contributed by atoms with Gasteiger partial charge in [-0.3, -0.25) is 4.79 Å². The third kappa shape index (κ3) is 1.04. The molecule has 0 bridgehead atoms. The smallest absolute Gasteiger partial charge is 0.314 e. The first-order valence-electron chi connectivity index (χ1n) is 3.63. The van der Waals surface area contributed by atoms with Crippen LogP contribution in [0, 0.1) is 0 Å². The number of aliphatic carboxylic acids is 1. The minimum Gasteiger partial charge on any atom is -0.481 e. The lowest BCUT2D eigenvalue weighted by atomic mass is 10.1. The van der Waals surface area contributed by atoms with E-state index in [-0.39, 0.29) is 0 Å². The van der Waals surface area contributed by atoms with Crippen LogP contribution < -0.4 is 0 Å². The molecule has 12 heavy (non-hydrogen) atoms. The molecule has 1 aromatic heterocycles. The number of rotatable bonds is 2. The van der Waals surface area contributed by atoms with Crippen LogP contribution in [0.4, 0.5) is 0 Å². The summed E-state index contributed by atoms with van der Waals surface area (Å²) in [5.74, 6) is -0.721. The fourth-order valence-corrected chi connectivity index (χ4v) is 2.58. The van der Waals surface area contributed by atoms with E-state index in [9.17, 15) is 4.79 Å². The summed E-state index contributed by atoms with van der Waals surface area (Å²) in [4.78, 5) is 11.7. The van der Waals surface area contributed by atoms with Crippen LogP contribution in [0.25, 0.3) is 0 Å². The van der Waals surface area contributed by atoms with E-state index in [2.05, 4.69) is 0 Å². The molecule has 1 saturated carbocycles. The molecule has 0 aromatic carbocycles. The normalized spacial score (nSPS) is 19.1. The van der Waals surface area contributed by atoms with Gasteiger partial charge in [0.2, 0.25) is 0 Å². The summed E-state index contributed by atoms with van der Waals surface area (Å²) in [6, 6.07) is 1.76. The second-order valence-electron chi connectivity index (χ2n) is 3.02. The summed E-state index contributed by atoms with van der Waals surface area (Å²) in [6.07, 6.45) is 1.50. The van der Waals surface area contributed by atoms with Gasteiger partial charge in [0.1, 0.15) is 5.41 Å². The van der Waals surface area contributed by atoms with E-state index in [0.717, 1.165) is 17.7 Å². The van der Waals surface area contributed by atoms with Crippen molar-refractivity contribution in [1.82, 2.24) is 0 Å². The van der Waals surface area contributed by atoms with Gasteiger partial charge in [-0.15, -0.1) is 11.3 Å². The highest BCUT2D eigenvalue weighted by molar-refractivity contribution is 7.10. The highest BCUT2D eigenvalue weighted by atomic mass is 35.5. The van der Waals surface area contributed by atoms with E-state index in [0.29, 0.717) is 5.02 Å². The third-order valence-electron chi connectivity index (χ3n) is 2.20. The highest BCUT2D eigenvalue weighted by Gasteiger charge is 2.52. The van der Waals surface area contributed by atoms with Crippen molar-refractivity contribution < 1.29 is 9.90 Å². The SMILES string of the molecule is O=C(O)C1(c2cc(Cl)cs2)CC1. The molecule has 2 rings (SSSR count). The molecule has 0 unspecified atom stereocenters. The van der Waals surface area contributed by atoms with Crippen molar-refractivity contribution in [3.8, 4) is 0 Å². The second-order valence-corrected chi connectivity index (χ2v) is 4.36. The standard InChI is InChI=1S/C8H7ClO2S/c9-5-3-6(12-4-5)8(1-2-8)7(10)11/h3-4H,1-2H2,(H,10,11). The fraction of sp³-hybridized carbons (Fsp3) is 0.375. The molecule has 0 radical (unpaired) electrons. The first-order chi connectivity index (χ1) is 5.65. The Bertz CT molecular complexity index is 328. The van der Waals surface area contributed by atoms with Crippen LogP contribution in [-0.2, 0) is 10.2 Å². The van der Waals surface area contributed by atoms with Gasteiger partial charge in [0.05, 0.1) is 5.02 Å². The quantitative estimate of drug-likeness (QED) is 0.800. The fourth-order valence-electron chi connectivity index (χ4n) is 1.25. The van der Waals surface area contributed by atoms with Crippen molar-refractivity contribution >= 4 is 28.9 Å². The molecule has 1 N–H and O–H groups in total. The van der Waals surface area contributed by atoms with Crippen LogP contribution in [0.5, 0.6) is 0 Å². The Balaban J connectivity index is 2.36. The molecular formula is C8H7ClO2S. The Labute approximate surface area is 78.8 Å². The van der Waals surface area contributed by atoms with E-state index >= 15 is 0 Å². The topological polar surface area (TPSA) is 37.3 Å². The average molecular weight is 203 g/mol. The lowest BCUT2D eigenvalue weighted by Crippen LogP contribution is -2.17. The maximum atomic E-state index is 10.9. The number of carbonyl (C=O) groups is 1. The zero-order valence-corrected chi connectivity index (χ0v) is 7.78. The van der Waals surface area contributed by atoms with Gasteiger partial charge in [0, 0.05) is 10.3 Å². The number of thiophene rings is 1. The largest absolute Gasteiger partial charge is 0.481 e. The number of hydrogen-bond donors (Lipinski definition) is 1. The van der Waals surface area contributed by atoms with Gasteiger partial charge in [-0.25, -0.2) is 0 Å². The molecule has 1 aliphatic rings. The molecular weight excluding hydrogens is 196 g/mol. The Hall–Kier alpha value is -0.540. The third-order valence-corrected chi connectivity index (χ3v) is 3.68. The Morgan fingerprint density at radius 1 is 1.67 bits per heavy atom. The zero-order chi connectivity index (χ0) is 8.77. The van der Waals surface area contributed by atoms with Gasteiger partial charge in [-0.2, -0.15) is 0 Å². The van der Waals surface area contributed by atoms with Crippen molar-refractivity contribution in [2.45, 2.75) is 18.3 Å². The van der Waals surface area contributed by atoms with E-state index < -0.39 is 11.4 Å². The Morgan fingerprint density at radius 3 is 2.67 bits per heavy atom. The van der Waals surface area contributed by atoms with Crippen LogP contribution in [0.15, 0.2) is 11.4 Å². The molecule has 0 spiro atoms. The van der Waals surface area contributed by atoms with Gasteiger partial charge in [0.15, 0.2) is 0 Å². The molecule has 1 aliphatic carbocycles. The van der Waals surface area contributed by atoms with Crippen LogP contribution in [0.2, 0.25) is 5.02 Å². The lowest BCUT2D eigenvalue weighted by Gasteiger charge is -2.04. The molecule has 1 aromatic rings. The maximum absolute atomic E-state index is 10.9. The molecule has 0 saturated heterocycles. The molecule has 0 aliphatic heterocycles. The van der Waals surface area contributed by atoms with Gasteiger partial charge < -0.3 is 5.11 Å². The van der Waals surface area contributed by atoms with E-state index in [4.69, 9.17) is 16.7 Å². The van der Waals surface area contributed by atoms with Crippen LogP contribution in [0.3, 0.4) is 0 Å². The summed E-state index contributed by atoms with van der Waals surface area (Å²) < 4.78 is 0. The van der Waals surface area contributed by atoms with E-state index in [1.54, 1.807) is 11.4 Å². The first-order valence-corrected chi connectivity index (χ1v) is 4.89. The van der Waals surface area contributed by atoms with Crippen molar-refractivity contribution in [2.75, 3.05) is 0 Å². The molecule has 2 nitrogen and oxygen atoms in total. The van der Waals surface area contributed by atoms with Gasteiger partial charge >= 0.3 is 5.97 Å². The predicted molar refractivity (Wildman–Crippen MR) is 47.9 cm³/mol. The summed E-state index contributed by atoms with van der Waals surface area (Å²) in [7, 11) is 0. The first kappa shape index (κ1) is 8.08. The number of halogens is 1. The zero-order valence-electron chi connectivity index (χ0n) is 6.21.